The fourth-order valence-electron chi connectivity index (χ4n) is 3.73. The smallest absolute Gasteiger partial charge is 0.253 e. The number of ether oxygens (including phenoxy) is 1. The monoisotopic (exact) mass is 363 g/mol. The van der Waals surface area contributed by atoms with Gasteiger partial charge in [-0.3, -0.25) is 4.79 Å². The molecule has 5 rings (SSSR count). The summed E-state index contributed by atoms with van der Waals surface area (Å²) in [6.07, 6.45) is 7.64. The Bertz CT molecular complexity index is 947. The normalized spacial score (nSPS) is 19.2. The maximum atomic E-state index is 12.1. The zero-order valence-electron chi connectivity index (χ0n) is 15.0. The molecule has 7 nitrogen and oxygen atoms in total. The number of aromatic nitrogens is 4. The lowest BCUT2D eigenvalue weighted by molar-refractivity contribution is -0.124. The number of aryl methyl sites for hydroxylation is 2. The number of imidazole rings is 1. The van der Waals surface area contributed by atoms with Gasteiger partial charge in [0.15, 0.2) is 0 Å². The number of hydrogen-bond donors (Lipinski definition) is 1. The molecule has 1 atom stereocenters. The van der Waals surface area contributed by atoms with Crippen LogP contribution in [0.3, 0.4) is 0 Å². The number of hydrogen-bond acceptors (Lipinski definition) is 5. The number of rotatable bonds is 3. The van der Waals surface area contributed by atoms with E-state index in [-0.39, 0.29) is 12.0 Å². The minimum atomic E-state index is -0.328. The van der Waals surface area contributed by atoms with Gasteiger partial charge in [0.1, 0.15) is 6.10 Å². The second kappa shape index (κ2) is 6.74. The molecule has 3 heterocycles. The molecule has 1 aromatic carbocycles. The molecule has 0 bridgehead atoms. The summed E-state index contributed by atoms with van der Waals surface area (Å²) in [6, 6.07) is 7.68. The van der Waals surface area contributed by atoms with E-state index in [4.69, 9.17) is 4.74 Å². The maximum Gasteiger partial charge on any atom is 0.253 e. The van der Waals surface area contributed by atoms with Crippen molar-refractivity contribution in [2.45, 2.75) is 44.6 Å². The fraction of sp³-hybridized carbons (Fsp3) is 0.400. The van der Waals surface area contributed by atoms with E-state index in [0.29, 0.717) is 12.4 Å². The van der Waals surface area contributed by atoms with Crippen LogP contribution in [-0.2, 0) is 22.4 Å². The van der Waals surface area contributed by atoms with Gasteiger partial charge in [-0.15, -0.1) is 0 Å². The Labute approximate surface area is 156 Å². The summed E-state index contributed by atoms with van der Waals surface area (Å²) < 4.78 is 7.19. The lowest BCUT2D eigenvalue weighted by Crippen LogP contribution is -2.26. The second-order valence-corrected chi connectivity index (χ2v) is 7.15. The van der Waals surface area contributed by atoms with E-state index in [1.165, 1.54) is 12.8 Å². The van der Waals surface area contributed by atoms with Gasteiger partial charge in [0.25, 0.3) is 11.7 Å². The third-order valence-corrected chi connectivity index (χ3v) is 5.21. The molecule has 0 radical (unpaired) electrons. The molecule has 2 aliphatic rings. The minimum absolute atomic E-state index is 0.0769. The van der Waals surface area contributed by atoms with Crippen LogP contribution in [0.4, 0.5) is 5.69 Å². The van der Waals surface area contributed by atoms with E-state index in [9.17, 15) is 4.79 Å². The molecule has 1 saturated heterocycles. The summed E-state index contributed by atoms with van der Waals surface area (Å²) in [4.78, 5) is 21.5. The van der Waals surface area contributed by atoms with Crippen LogP contribution in [0, 0.1) is 0 Å². The zero-order chi connectivity index (χ0) is 18.2. The van der Waals surface area contributed by atoms with Crippen molar-refractivity contribution in [1.29, 1.82) is 0 Å². The topological polar surface area (TPSA) is 81.4 Å². The average molecular weight is 363 g/mol. The standard InChI is InChI=1S/C20H21N5O2/c26-19(18-6-3-11-27-18)21-14-9-7-13(8-10-14)17-12-25-20(23-17)22-15-4-1-2-5-16(15)24-25/h7-10,12,18H,1-6,11H2,(H,21,26)/t18-/m1/s1. The first-order valence-electron chi connectivity index (χ1n) is 9.54. The van der Waals surface area contributed by atoms with Crippen LogP contribution in [0.2, 0.25) is 0 Å². The molecule has 7 heteroatoms. The van der Waals surface area contributed by atoms with Gasteiger partial charge in [-0.2, -0.15) is 5.10 Å². The number of carbonyl (C=O) groups is 1. The lowest BCUT2D eigenvalue weighted by Gasteiger charge is -2.12. The van der Waals surface area contributed by atoms with Gasteiger partial charge in [0, 0.05) is 17.9 Å². The van der Waals surface area contributed by atoms with E-state index < -0.39 is 0 Å². The SMILES string of the molecule is O=C(Nc1ccc(-c2cn3nc4c(nc3n2)CCCC4)cc1)[C@H]1CCCO1. The zero-order valence-corrected chi connectivity index (χ0v) is 15.0. The van der Waals surface area contributed by atoms with Gasteiger partial charge in [0.2, 0.25) is 0 Å². The first kappa shape index (κ1) is 16.4. The molecule has 0 saturated carbocycles. The van der Waals surface area contributed by atoms with Gasteiger partial charge >= 0.3 is 0 Å². The van der Waals surface area contributed by atoms with Gasteiger partial charge < -0.3 is 10.1 Å². The molecule has 3 aromatic rings. The van der Waals surface area contributed by atoms with Gasteiger partial charge in [0.05, 0.1) is 23.3 Å². The highest BCUT2D eigenvalue weighted by molar-refractivity contribution is 5.94. The Morgan fingerprint density at radius 3 is 2.67 bits per heavy atom. The molecule has 1 aliphatic heterocycles. The molecular weight excluding hydrogens is 342 g/mol. The third-order valence-electron chi connectivity index (χ3n) is 5.21. The first-order chi connectivity index (χ1) is 13.3. The van der Waals surface area contributed by atoms with Crippen molar-refractivity contribution in [2.24, 2.45) is 0 Å². The number of benzene rings is 1. The van der Waals surface area contributed by atoms with Crippen LogP contribution in [-0.4, -0.2) is 38.2 Å². The number of amides is 1. The lowest BCUT2D eigenvalue weighted by atomic mass is 10.0. The number of nitrogens with zero attached hydrogens (tertiary/aromatic N) is 4. The molecule has 1 fully saturated rings. The van der Waals surface area contributed by atoms with Gasteiger partial charge in [-0.25, -0.2) is 14.5 Å². The van der Waals surface area contributed by atoms with Crippen molar-refractivity contribution in [1.82, 2.24) is 19.6 Å². The van der Waals surface area contributed by atoms with Crippen molar-refractivity contribution in [3.05, 3.63) is 41.9 Å². The molecule has 2 aromatic heterocycles. The molecule has 1 aliphatic carbocycles. The first-order valence-corrected chi connectivity index (χ1v) is 9.54. The van der Waals surface area contributed by atoms with Crippen molar-refractivity contribution < 1.29 is 9.53 Å². The summed E-state index contributed by atoms with van der Waals surface area (Å²) >= 11 is 0. The summed E-state index contributed by atoms with van der Waals surface area (Å²) in [5.41, 5.74) is 4.72. The summed E-state index contributed by atoms with van der Waals surface area (Å²) in [6.45, 7) is 0.663. The van der Waals surface area contributed by atoms with E-state index in [1.807, 2.05) is 30.5 Å². The van der Waals surface area contributed by atoms with E-state index in [0.717, 1.165) is 54.0 Å². The van der Waals surface area contributed by atoms with Crippen LogP contribution in [0.5, 0.6) is 0 Å². The Hall–Kier alpha value is -2.80. The highest BCUT2D eigenvalue weighted by atomic mass is 16.5. The molecule has 27 heavy (non-hydrogen) atoms. The van der Waals surface area contributed by atoms with Crippen LogP contribution < -0.4 is 5.32 Å². The molecule has 0 unspecified atom stereocenters. The Morgan fingerprint density at radius 2 is 1.89 bits per heavy atom. The fourth-order valence-corrected chi connectivity index (χ4v) is 3.73. The summed E-state index contributed by atoms with van der Waals surface area (Å²) in [5.74, 6) is 0.563. The highest BCUT2D eigenvalue weighted by Gasteiger charge is 2.23. The van der Waals surface area contributed by atoms with E-state index >= 15 is 0 Å². The molecular formula is C20H21N5O2. The minimum Gasteiger partial charge on any atom is -0.368 e. The van der Waals surface area contributed by atoms with Crippen LogP contribution >= 0.6 is 0 Å². The molecule has 0 spiro atoms. The predicted molar refractivity (Wildman–Crippen MR) is 100 cm³/mol. The number of carbonyl (C=O) groups excluding carboxylic acids is 1. The maximum absolute atomic E-state index is 12.1. The predicted octanol–water partition coefficient (Wildman–Crippen LogP) is 2.79. The largest absolute Gasteiger partial charge is 0.368 e. The Balaban J connectivity index is 1.37. The van der Waals surface area contributed by atoms with Gasteiger partial charge in [-0.05, 0) is 50.7 Å². The second-order valence-electron chi connectivity index (χ2n) is 7.15. The highest BCUT2D eigenvalue weighted by Crippen LogP contribution is 2.23. The Kier molecular flexibility index (Phi) is 4.09. The Morgan fingerprint density at radius 1 is 1.07 bits per heavy atom. The molecule has 1 amide bonds. The summed E-state index contributed by atoms with van der Waals surface area (Å²) in [5, 5.41) is 7.60. The van der Waals surface area contributed by atoms with Crippen LogP contribution in [0.1, 0.15) is 37.1 Å². The van der Waals surface area contributed by atoms with Crippen molar-refractivity contribution in [2.75, 3.05) is 11.9 Å². The van der Waals surface area contributed by atoms with Crippen LogP contribution in [0.15, 0.2) is 30.5 Å². The van der Waals surface area contributed by atoms with Crippen LogP contribution in [0.25, 0.3) is 17.0 Å². The average Bonchev–Trinajstić information content (AvgIpc) is 3.36. The van der Waals surface area contributed by atoms with E-state index in [1.54, 1.807) is 4.52 Å². The van der Waals surface area contributed by atoms with Crippen molar-refractivity contribution >= 4 is 17.4 Å². The van der Waals surface area contributed by atoms with Crippen molar-refractivity contribution in [3.8, 4) is 11.3 Å². The quantitative estimate of drug-likeness (QED) is 0.774. The number of nitrogens with one attached hydrogen (secondary N) is 1. The number of fused-ring (bicyclic) bond motifs is 2. The van der Waals surface area contributed by atoms with E-state index in [2.05, 4.69) is 20.4 Å². The summed E-state index contributed by atoms with van der Waals surface area (Å²) in [7, 11) is 0. The van der Waals surface area contributed by atoms with Crippen molar-refractivity contribution in [3.63, 3.8) is 0 Å². The molecule has 1 N–H and O–H groups in total. The van der Waals surface area contributed by atoms with Gasteiger partial charge in [-0.1, -0.05) is 12.1 Å². The number of anilines is 1. The third kappa shape index (κ3) is 3.19. The molecule has 138 valence electrons.